The summed E-state index contributed by atoms with van der Waals surface area (Å²) in [6.07, 6.45) is 1.38. The van der Waals surface area contributed by atoms with Gasteiger partial charge in [0.2, 0.25) is 0 Å². The van der Waals surface area contributed by atoms with E-state index in [0.717, 1.165) is 18.6 Å². The second-order valence-corrected chi connectivity index (χ2v) is 4.90. The number of nitrogens with zero attached hydrogens (tertiary/aromatic N) is 2. The fourth-order valence-corrected chi connectivity index (χ4v) is 2.96. The van der Waals surface area contributed by atoms with Crippen molar-refractivity contribution >= 4 is 0 Å². The van der Waals surface area contributed by atoms with Crippen LogP contribution in [-0.2, 0) is 6.54 Å². The van der Waals surface area contributed by atoms with Crippen LogP contribution in [0.25, 0.3) is 0 Å². The van der Waals surface area contributed by atoms with Gasteiger partial charge < -0.3 is 4.90 Å². The van der Waals surface area contributed by atoms with Crippen LogP contribution in [0.2, 0.25) is 0 Å². The van der Waals surface area contributed by atoms with Gasteiger partial charge in [0.25, 0.3) is 0 Å². The molecule has 0 N–H and O–H groups in total. The molecule has 2 aliphatic rings. The van der Waals surface area contributed by atoms with E-state index in [1.807, 2.05) is 13.8 Å². The second kappa shape index (κ2) is 5.65. The quantitative estimate of drug-likeness (QED) is 0.773. The molecule has 2 aliphatic heterocycles. The van der Waals surface area contributed by atoms with Gasteiger partial charge in [-0.25, -0.2) is 0 Å². The maximum absolute atomic E-state index is 2.64. The van der Waals surface area contributed by atoms with E-state index in [4.69, 9.17) is 0 Å². The summed E-state index contributed by atoms with van der Waals surface area (Å²) in [6, 6.07) is 12.4. The van der Waals surface area contributed by atoms with E-state index in [1.54, 1.807) is 0 Å². The molecule has 0 amide bonds. The first-order chi connectivity index (χ1) is 8.33. The van der Waals surface area contributed by atoms with Crippen LogP contribution in [0.5, 0.6) is 0 Å². The van der Waals surface area contributed by atoms with Crippen molar-refractivity contribution in [2.75, 3.05) is 20.1 Å². The maximum Gasteiger partial charge on any atom is 0.0242 e. The molecule has 0 radical (unpaired) electrons. The maximum atomic E-state index is 2.64. The molecule has 17 heavy (non-hydrogen) atoms. The van der Waals surface area contributed by atoms with Gasteiger partial charge in [-0.15, -0.1) is 0 Å². The molecule has 2 unspecified atom stereocenters. The summed E-state index contributed by atoms with van der Waals surface area (Å²) >= 11 is 0. The number of hydrogen-bond donors (Lipinski definition) is 0. The van der Waals surface area contributed by atoms with Crippen molar-refractivity contribution in [3.05, 3.63) is 35.9 Å². The summed E-state index contributed by atoms with van der Waals surface area (Å²) in [6.45, 7) is 7.66. The zero-order valence-corrected chi connectivity index (χ0v) is 11.3. The fourth-order valence-electron chi connectivity index (χ4n) is 2.96. The van der Waals surface area contributed by atoms with Crippen LogP contribution in [0.3, 0.4) is 0 Å². The molecular formula is C15H24N2. The molecule has 2 heterocycles. The summed E-state index contributed by atoms with van der Waals surface area (Å²) in [5.41, 5.74) is 1.45. The van der Waals surface area contributed by atoms with Crippen molar-refractivity contribution in [2.45, 2.75) is 38.9 Å². The normalized spacial score (nSPS) is 27.9. The Labute approximate surface area is 105 Å². The topological polar surface area (TPSA) is 6.48 Å². The van der Waals surface area contributed by atoms with Gasteiger partial charge in [-0.05, 0) is 19.0 Å². The van der Waals surface area contributed by atoms with Crippen LogP contribution in [0.15, 0.2) is 30.3 Å². The lowest BCUT2D eigenvalue weighted by atomic mass is 10.2. The third-order valence-corrected chi connectivity index (χ3v) is 3.86. The number of hydrogen-bond acceptors (Lipinski definition) is 2. The highest BCUT2D eigenvalue weighted by Gasteiger charge is 2.40. The van der Waals surface area contributed by atoms with Gasteiger partial charge in [0.15, 0.2) is 0 Å². The first-order valence-electron chi connectivity index (χ1n) is 6.81. The minimum atomic E-state index is 0.806. The predicted octanol–water partition coefficient (Wildman–Crippen LogP) is 2.60. The van der Waals surface area contributed by atoms with Crippen LogP contribution in [0.1, 0.15) is 25.8 Å². The Morgan fingerprint density at radius 3 is 2.29 bits per heavy atom. The van der Waals surface area contributed by atoms with E-state index in [9.17, 15) is 0 Å². The summed E-state index contributed by atoms with van der Waals surface area (Å²) in [5.74, 6) is 0. The minimum absolute atomic E-state index is 0.806. The molecule has 2 nitrogen and oxygen atoms in total. The van der Waals surface area contributed by atoms with Gasteiger partial charge in [-0.3, -0.25) is 4.90 Å². The Morgan fingerprint density at radius 1 is 1.06 bits per heavy atom. The number of rotatable bonds is 2. The SMILES string of the molecule is CC.CN1CC2CC1CN2Cc1ccccc1. The highest BCUT2D eigenvalue weighted by molar-refractivity contribution is 5.15. The van der Waals surface area contributed by atoms with Crippen molar-refractivity contribution in [3.63, 3.8) is 0 Å². The van der Waals surface area contributed by atoms with Crippen LogP contribution in [-0.4, -0.2) is 42.0 Å². The van der Waals surface area contributed by atoms with Crippen molar-refractivity contribution in [1.82, 2.24) is 9.80 Å². The molecule has 3 rings (SSSR count). The molecule has 94 valence electrons. The first-order valence-corrected chi connectivity index (χ1v) is 6.81. The van der Waals surface area contributed by atoms with Gasteiger partial charge in [0.05, 0.1) is 0 Å². The standard InChI is InChI=1S/C13H18N2.C2H6/c1-14-9-13-7-12(14)10-15(13)8-11-5-3-2-4-6-11;1-2/h2-6,12-13H,7-10H2,1H3;1-2H3. The molecular weight excluding hydrogens is 208 g/mol. The smallest absolute Gasteiger partial charge is 0.0242 e. The average molecular weight is 232 g/mol. The predicted molar refractivity (Wildman–Crippen MR) is 73.0 cm³/mol. The molecule has 2 atom stereocenters. The molecule has 2 bridgehead atoms. The number of benzene rings is 1. The molecule has 1 aromatic carbocycles. The zero-order chi connectivity index (χ0) is 12.3. The molecule has 0 aliphatic carbocycles. The van der Waals surface area contributed by atoms with Crippen LogP contribution in [0.4, 0.5) is 0 Å². The van der Waals surface area contributed by atoms with Crippen LogP contribution >= 0.6 is 0 Å². The van der Waals surface area contributed by atoms with E-state index in [-0.39, 0.29) is 0 Å². The highest BCUT2D eigenvalue weighted by Crippen LogP contribution is 2.30. The van der Waals surface area contributed by atoms with E-state index in [1.165, 1.54) is 25.1 Å². The molecule has 1 aromatic rings. The second-order valence-electron chi connectivity index (χ2n) is 4.90. The monoisotopic (exact) mass is 232 g/mol. The lowest BCUT2D eigenvalue weighted by molar-refractivity contribution is 0.143. The van der Waals surface area contributed by atoms with E-state index >= 15 is 0 Å². The molecule has 0 spiro atoms. The third-order valence-electron chi connectivity index (χ3n) is 3.86. The van der Waals surface area contributed by atoms with Gasteiger partial charge >= 0.3 is 0 Å². The Bertz CT molecular complexity index is 334. The Hall–Kier alpha value is -0.860. The van der Waals surface area contributed by atoms with E-state index < -0.39 is 0 Å². The number of fused-ring (bicyclic) bond motifs is 2. The summed E-state index contributed by atoms with van der Waals surface area (Å²) in [7, 11) is 2.25. The number of likely N-dealkylation sites (tertiary alicyclic amines) is 2. The molecule has 0 saturated carbocycles. The minimum Gasteiger partial charge on any atom is -0.301 e. The molecule has 2 heteroatoms. The van der Waals surface area contributed by atoms with Crippen molar-refractivity contribution in [3.8, 4) is 0 Å². The van der Waals surface area contributed by atoms with Crippen LogP contribution in [0, 0.1) is 0 Å². The van der Waals surface area contributed by atoms with Crippen LogP contribution < -0.4 is 0 Å². The van der Waals surface area contributed by atoms with Crippen molar-refractivity contribution in [1.29, 1.82) is 0 Å². The van der Waals surface area contributed by atoms with Gasteiger partial charge in [-0.2, -0.15) is 0 Å². The van der Waals surface area contributed by atoms with Crippen molar-refractivity contribution in [2.24, 2.45) is 0 Å². The molecule has 2 saturated heterocycles. The zero-order valence-electron chi connectivity index (χ0n) is 11.3. The Kier molecular flexibility index (Phi) is 4.19. The largest absolute Gasteiger partial charge is 0.301 e. The van der Waals surface area contributed by atoms with Gasteiger partial charge in [0, 0.05) is 31.7 Å². The fraction of sp³-hybridized carbons (Fsp3) is 0.600. The highest BCUT2D eigenvalue weighted by atomic mass is 15.3. The third kappa shape index (κ3) is 2.70. The summed E-state index contributed by atoms with van der Waals surface area (Å²) in [5, 5.41) is 0. The number of piperazine rings is 1. The van der Waals surface area contributed by atoms with Crippen molar-refractivity contribution < 1.29 is 0 Å². The molecule has 0 aromatic heterocycles. The summed E-state index contributed by atoms with van der Waals surface area (Å²) < 4.78 is 0. The van der Waals surface area contributed by atoms with E-state index in [2.05, 4.69) is 47.2 Å². The van der Waals surface area contributed by atoms with Gasteiger partial charge in [-0.1, -0.05) is 44.2 Å². The lowest BCUT2D eigenvalue weighted by Crippen LogP contribution is -2.43. The Balaban J connectivity index is 0.000000514. The first kappa shape index (κ1) is 12.6. The number of likely N-dealkylation sites (N-methyl/N-ethyl adjacent to an activating group) is 1. The lowest BCUT2D eigenvalue weighted by Gasteiger charge is -2.31. The molecule has 2 fully saturated rings. The van der Waals surface area contributed by atoms with E-state index in [0.29, 0.717) is 0 Å². The average Bonchev–Trinajstić information content (AvgIpc) is 2.92. The summed E-state index contributed by atoms with van der Waals surface area (Å²) in [4.78, 5) is 5.14. The van der Waals surface area contributed by atoms with Gasteiger partial charge in [0.1, 0.15) is 0 Å². The Morgan fingerprint density at radius 2 is 1.76 bits per heavy atom.